The number of carbonyl (C=O) groups excluding carboxylic acids is 1. The molecule has 0 radical (unpaired) electrons. The molecule has 5 heteroatoms. The molecule has 1 aromatic heterocycles. The number of nitrogens with zero attached hydrogens (tertiary/aromatic N) is 1. The summed E-state index contributed by atoms with van der Waals surface area (Å²) in [5.41, 5.74) is 1.48. The highest BCUT2D eigenvalue weighted by molar-refractivity contribution is 6.03. The Morgan fingerprint density at radius 3 is 2.78 bits per heavy atom. The molecule has 0 spiro atoms. The lowest BCUT2D eigenvalue weighted by molar-refractivity contribution is 0.101. The third kappa shape index (κ3) is 3.11. The summed E-state index contributed by atoms with van der Waals surface area (Å²) < 4.78 is 18.8. The first kappa shape index (κ1) is 14.5. The monoisotopic (exact) mass is 306 g/mol. The lowest BCUT2D eigenvalue weighted by Crippen LogP contribution is -2.12. The molecule has 3 aromatic rings. The van der Waals surface area contributed by atoms with E-state index in [0.717, 1.165) is 0 Å². The van der Waals surface area contributed by atoms with E-state index in [1.165, 1.54) is 12.1 Å². The first-order valence-electron chi connectivity index (χ1n) is 6.77. The van der Waals surface area contributed by atoms with E-state index in [1.807, 2.05) is 0 Å². The van der Waals surface area contributed by atoms with Crippen molar-refractivity contribution in [2.24, 2.45) is 0 Å². The van der Waals surface area contributed by atoms with Crippen molar-refractivity contribution >= 4 is 11.6 Å². The van der Waals surface area contributed by atoms with Gasteiger partial charge in [-0.3, -0.25) is 4.79 Å². The fourth-order valence-electron chi connectivity index (χ4n) is 2.05. The summed E-state index contributed by atoms with van der Waals surface area (Å²) in [5, 5.41) is 6.34. The van der Waals surface area contributed by atoms with Gasteiger partial charge in [0, 0.05) is 17.3 Å². The Morgan fingerprint density at radius 2 is 2.00 bits per heavy atom. The molecule has 0 saturated carbocycles. The molecule has 4 nitrogen and oxygen atoms in total. The van der Waals surface area contributed by atoms with Gasteiger partial charge < -0.3 is 9.84 Å². The third-order valence-electron chi connectivity index (χ3n) is 3.17. The summed E-state index contributed by atoms with van der Waals surface area (Å²) in [6.07, 6.45) is 5.32. The second-order valence-corrected chi connectivity index (χ2v) is 4.74. The van der Waals surface area contributed by atoms with Crippen molar-refractivity contribution in [2.45, 2.75) is 0 Å². The van der Waals surface area contributed by atoms with Gasteiger partial charge in [-0.25, -0.2) is 4.39 Å². The molecule has 23 heavy (non-hydrogen) atoms. The Hall–Kier alpha value is -3.39. The Labute approximate surface area is 131 Å². The largest absolute Gasteiger partial charge is 0.355 e. The second-order valence-electron chi connectivity index (χ2n) is 4.74. The molecule has 1 heterocycles. The molecule has 1 N–H and O–H groups in total. The van der Waals surface area contributed by atoms with Crippen LogP contribution in [0.2, 0.25) is 0 Å². The number of hydrogen-bond donors (Lipinski definition) is 1. The molecule has 3 rings (SSSR count). The smallest absolute Gasteiger partial charge is 0.277 e. The lowest BCUT2D eigenvalue weighted by Gasteiger charge is -2.02. The van der Waals surface area contributed by atoms with Crippen LogP contribution in [-0.2, 0) is 0 Å². The molecule has 0 fully saturated rings. The van der Waals surface area contributed by atoms with E-state index in [2.05, 4.69) is 16.4 Å². The van der Waals surface area contributed by atoms with E-state index < -0.39 is 11.7 Å². The number of anilines is 1. The zero-order valence-electron chi connectivity index (χ0n) is 11.9. The maximum Gasteiger partial charge on any atom is 0.277 e. The summed E-state index contributed by atoms with van der Waals surface area (Å²) in [6.45, 7) is 0. The molecular weight excluding hydrogens is 295 g/mol. The standard InChI is InChI=1S/C18H11FN2O2/c1-2-12-6-5-7-13(10-12)20-18(22)16-11-17(23-21-16)14-8-3-4-9-15(14)19/h1,3-11H,(H,20,22). The summed E-state index contributed by atoms with van der Waals surface area (Å²) >= 11 is 0. The van der Waals surface area contributed by atoms with Crippen molar-refractivity contribution in [3.8, 4) is 23.7 Å². The van der Waals surface area contributed by atoms with Crippen LogP contribution in [0.25, 0.3) is 11.3 Å². The van der Waals surface area contributed by atoms with E-state index in [0.29, 0.717) is 11.3 Å². The number of hydrogen-bond acceptors (Lipinski definition) is 3. The fraction of sp³-hybridized carbons (Fsp3) is 0. The minimum atomic E-state index is -0.467. The predicted molar refractivity (Wildman–Crippen MR) is 84.2 cm³/mol. The van der Waals surface area contributed by atoms with Crippen LogP contribution in [0.1, 0.15) is 16.1 Å². The van der Waals surface area contributed by atoms with Crippen molar-refractivity contribution in [1.82, 2.24) is 5.16 Å². The first-order chi connectivity index (χ1) is 11.2. The summed E-state index contributed by atoms with van der Waals surface area (Å²) in [4.78, 5) is 12.2. The van der Waals surface area contributed by atoms with Gasteiger partial charge in [0.25, 0.3) is 5.91 Å². The van der Waals surface area contributed by atoms with Gasteiger partial charge in [-0.15, -0.1) is 6.42 Å². The number of nitrogens with one attached hydrogen (secondary N) is 1. The number of terminal acetylenes is 1. The maximum absolute atomic E-state index is 13.7. The van der Waals surface area contributed by atoms with Crippen LogP contribution in [0.4, 0.5) is 10.1 Å². The third-order valence-corrected chi connectivity index (χ3v) is 3.17. The zero-order valence-corrected chi connectivity index (χ0v) is 11.9. The number of rotatable bonds is 3. The molecular formula is C18H11FN2O2. The van der Waals surface area contributed by atoms with Crippen molar-refractivity contribution in [2.75, 3.05) is 5.32 Å². The topological polar surface area (TPSA) is 55.1 Å². The van der Waals surface area contributed by atoms with Crippen molar-refractivity contribution in [3.63, 3.8) is 0 Å². The Kier molecular flexibility index (Phi) is 3.89. The average Bonchev–Trinajstić information content (AvgIpc) is 3.05. The van der Waals surface area contributed by atoms with E-state index in [-0.39, 0.29) is 17.0 Å². The predicted octanol–water partition coefficient (Wildman–Crippen LogP) is 3.71. The van der Waals surface area contributed by atoms with Crippen LogP contribution in [-0.4, -0.2) is 11.1 Å². The van der Waals surface area contributed by atoms with Crippen molar-refractivity contribution in [1.29, 1.82) is 0 Å². The van der Waals surface area contributed by atoms with Gasteiger partial charge in [-0.05, 0) is 30.3 Å². The average molecular weight is 306 g/mol. The van der Waals surface area contributed by atoms with Crippen LogP contribution < -0.4 is 5.32 Å². The molecule has 0 unspecified atom stereocenters. The Balaban J connectivity index is 1.81. The van der Waals surface area contributed by atoms with Gasteiger partial charge in [-0.1, -0.05) is 29.3 Å². The number of benzene rings is 2. The van der Waals surface area contributed by atoms with Crippen LogP contribution in [0.3, 0.4) is 0 Å². The van der Waals surface area contributed by atoms with E-state index in [9.17, 15) is 9.18 Å². The fourth-order valence-corrected chi connectivity index (χ4v) is 2.05. The zero-order chi connectivity index (χ0) is 16.2. The highest BCUT2D eigenvalue weighted by atomic mass is 19.1. The van der Waals surface area contributed by atoms with Gasteiger partial charge >= 0.3 is 0 Å². The Bertz CT molecular complexity index is 909. The van der Waals surface area contributed by atoms with Crippen molar-refractivity contribution in [3.05, 3.63) is 71.7 Å². The van der Waals surface area contributed by atoms with E-state index >= 15 is 0 Å². The molecule has 0 saturated heterocycles. The quantitative estimate of drug-likeness (QED) is 0.750. The Morgan fingerprint density at radius 1 is 1.17 bits per heavy atom. The first-order valence-corrected chi connectivity index (χ1v) is 6.77. The molecule has 1 amide bonds. The number of aromatic nitrogens is 1. The molecule has 2 aromatic carbocycles. The highest BCUT2D eigenvalue weighted by Crippen LogP contribution is 2.23. The van der Waals surface area contributed by atoms with Gasteiger partial charge in [0.05, 0.1) is 5.56 Å². The van der Waals surface area contributed by atoms with Crippen LogP contribution in [0, 0.1) is 18.2 Å². The summed E-state index contributed by atoms with van der Waals surface area (Å²) in [7, 11) is 0. The highest BCUT2D eigenvalue weighted by Gasteiger charge is 2.16. The lowest BCUT2D eigenvalue weighted by atomic mass is 10.1. The molecule has 0 aliphatic rings. The minimum Gasteiger partial charge on any atom is -0.355 e. The normalized spacial score (nSPS) is 10.1. The van der Waals surface area contributed by atoms with Crippen molar-refractivity contribution < 1.29 is 13.7 Å². The molecule has 0 aliphatic heterocycles. The molecule has 112 valence electrons. The summed E-state index contributed by atoms with van der Waals surface area (Å²) in [6, 6.07) is 14.3. The van der Waals surface area contributed by atoms with Gasteiger partial charge in [0.2, 0.25) is 0 Å². The van der Waals surface area contributed by atoms with Gasteiger partial charge in [0.1, 0.15) is 5.82 Å². The molecule has 0 aliphatic carbocycles. The van der Waals surface area contributed by atoms with Crippen LogP contribution in [0.5, 0.6) is 0 Å². The second kappa shape index (κ2) is 6.16. The number of carbonyl (C=O) groups is 1. The SMILES string of the molecule is C#Cc1cccc(NC(=O)c2cc(-c3ccccc3F)on2)c1. The number of amides is 1. The van der Waals surface area contributed by atoms with E-state index in [1.54, 1.807) is 42.5 Å². The molecule has 0 atom stereocenters. The minimum absolute atomic E-state index is 0.0503. The summed E-state index contributed by atoms with van der Waals surface area (Å²) in [5.74, 6) is 1.76. The van der Waals surface area contributed by atoms with Crippen LogP contribution in [0.15, 0.2) is 59.1 Å². The van der Waals surface area contributed by atoms with Gasteiger partial charge in [0.15, 0.2) is 11.5 Å². The van der Waals surface area contributed by atoms with Crippen LogP contribution >= 0.6 is 0 Å². The number of halogens is 1. The van der Waals surface area contributed by atoms with E-state index in [4.69, 9.17) is 10.9 Å². The maximum atomic E-state index is 13.7. The molecule has 0 bridgehead atoms. The van der Waals surface area contributed by atoms with Gasteiger partial charge in [-0.2, -0.15) is 0 Å².